The summed E-state index contributed by atoms with van der Waals surface area (Å²) < 4.78 is 0. The van der Waals surface area contributed by atoms with Crippen LogP contribution in [0.5, 0.6) is 0 Å². The highest BCUT2D eigenvalue weighted by molar-refractivity contribution is 5.99. The summed E-state index contributed by atoms with van der Waals surface area (Å²) in [7, 11) is 0. The van der Waals surface area contributed by atoms with Crippen LogP contribution in [-0.4, -0.2) is 16.4 Å². The first-order chi connectivity index (χ1) is 8.63. The Labute approximate surface area is 105 Å². The molecule has 1 aliphatic rings. The fourth-order valence-electron chi connectivity index (χ4n) is 2.57. The summed E-state index contributed by atoms with van der Waals surface area (Å²) in [5, 5.41) is 11.2. The van der Waals surface area contributed by atoms with Crippen molar-refractivity contribution in [2.75, 3.05) is 0 Å². The smallest absolute Gasteiger partial charge is 0.151 e. The highest BCUT2D eigenvalue weighted by Gasteiger charge is 2.31. The van der Waals surface area contributed by atoms with Gasteiger partial charge in [-0.1, -0.05) is 24.3 Å². The number of carbonyl (C=O) groups is 1. The van der Waals surface area contributed by atoms with Crippen molar-refractivity contribution >= 4 is 23.3 Å². The lowest BCUT2D eigenvalue weighted by Gasteiger charge is -2.29. The van der Waals surface area contributed by atoms with E-state index < -0.39 is 5.60 Å². The third-order valence-electron chi connectivity index (χ3n) is 3.41. The average Bonchev–Trinajstić information content (AvgIpc) is 2.36. The van der Waals surface area contributed by atoms with Crippen molar-refractivity contribution in [2.45, 2.75) is 18.9 Å². The van der Waals surface area contributed by atoms with Crippen LogP contribution in [0.15, 0.2) is 30.3 Å². The van der Waals surface area contributed by atoms with Crippen molar-refractivity contribution in [3.8, 4) is 0 Å². The Hall–Kier alpha value is -2.00. The van der Waals surface area contributed by atoms with Crippen LogP contribution in [0.2, 0.25) is 0 Å². The molecule has 0 saturated carbocycles. The lowest BCUT2D eigenvalue weighted by atomic mass is 9.83. The molecule has 1 heterocycles. The molecule has 0 bridgehead atoms. The number of hydrogen-bond acceptors (Lipinski definition) is 3. The quantitative estimate of drug-likeness (QED) is 0.778. The molecule has 2 aromatic rings. The van der Waals surface area contributed by atoms with Gasteiger partial charge in [-0.15, -0.1) is 0 Å². The molecule has 1 unspecified atom stereocenters. The maximum atomic E-state index is 11.4. The number of pyridine rings is 1. The van der Waals surface area contributed by atoms with E-state index in [4.69, 9.17) is 0 Å². The number of fused-ring (bicyclic) bond motifs is 2. The van der Waals surface area contributed by atoms with Gasteiger partial charge in [0.15, 0.2) is 6.29 Å². The molecule has 1 atom stereocenters. The molecule has 0 aliphatic heterocycles. The van der Waals surface area contributed by atoms with E-state index in [9.17, 15) is 9.90 Å². The standard InChI is InChI=1S/C15H13NO2/c1-15(18)8-4-7-13-14(15)11(9-17)10-5-2-3-6-12(10)16-13/h2-7,9,18H,8H2,1H3. The van der Waals surface area contributed by atoms with Crippen molar-refractivity contribution in [3.05, 3.63) is 47.2 Å². The van der Waals surface area contributed by atoms with Gasteiger partial charge in [-0.2, -0.15) is 0 Å². The molecular weight excluding hydrogens is 226 g/mol. The number of carbonyl (C=O) groups excluding carboxylic acids is 1. The largest absolute Gasteiger partial charge is 0.385 e. The second-order valence-electron chi connectivity index (χ2n) is 4.80. The summed E-state index contributed by atoms with van der Waals surface area (Å²) in [5.41, 5.74) is 1.62. The van der Waals surface area contributed by atoms with Crippen molar-refractivity contribution in [3.63, 3.8) is 0 Å². The first-order valence-corrected chi connectivity index (χ1v) is 5.91. The topological polar surface area (TPSA) is 50.2 Å². The van der Waals surface area contributed by atoms with E-state index in [0.717, 1.165) is 17.2 Å². The fourth-order valence-corrected chi connectivity index (χ4v) is 2.57. The van der Waals surface area contributed by atoms with Crippen molar-refractivity contribution in [2.24, 2.45) is 0 Å². The van der Waals surface area contributed by atoms with Gasteiger partial charge in [-0.05, 0) is 25.5 Å². The zero-order valence-electron chi connectivity index (χ0n) is 10.1. The molecule has 1 aliphatic carbocycles. The first-order valence-electron chi connectivity index (χ1n) is 5.91. The molecule has 1 aromatic heterocycles. The Morgan fingerprint density at radius 1 is 1.39 bits per heavy atom. The second kappa shape index (κ2) is 3.75. The Bertz CT molecular complexity index is 671. The summed E-state index contributed by atoms with van der Waals surface area (Å²) >= 11 is 0. The van der Waals surface area contributed by atoms with E-state index in [2.05, 4.69) is 4.98 Å². The van der Waals surface area contributed by atoms with E-state index in [1.165, 1.54) is 0 Å². The molecule has 3 heteroatoms. The Balaban J connectivity index is 2.48. The molecule has 0 amide bonds. The van der Waals surface area contributed by atoms with Crippen LogP contribution in [0.25, 0.3) is 17.0 Å². The molecule has 1 aromatic carbocycles. The van der Waals surface area contributed by atoms with Crippen molar-refractivity contribution < 1.29 is 9.90 Å². The summed E-state index contributed by atoms with van der Waals surface area (Å²) in [6.07, 6.45) is 5.07. The Morgan fingerprint density at radius 2 is 2.17 bits per heavy atom. The van der Waals surface area contributed by atoms with Gasteiger partial charge in [0.2, 0.25) is 0 Å². The number of aliphatic hydroxyl groups is 1. The molecule has 3 nitrogen and oxygen atoms in total. The van der Waals surface area contributed by atoms with Crippen LogP contribution >= 0.6 is 0 Å². The molecular formula is C15H13NO2. The predicted molar refractivity (Wildman–Crippen MR) is 70.4 cm³/mol. The lowest BCUT2D eigenvalue weighted by Crippen LogP contribution is -2.26. The highest BCUT2D eigenvalue weighted by Crippen LogP contribution is 2.36. The molecule has 0 radical (unpaired) electrons. The molecule has 1 N–H and O–H groups in total. The van der Waals surface area contributed by atoms with Crippen LogP contribution in [0.1, 0.15) is 35.0 Å². The van der Waals surface area contributed by atoms with Gasteiger partial charge in [-0.25, -0.2) is 4.98 Å². The Kier molecular flexibility index (Phi) is 2.31. The number of rotatable bonds is 1. The van der Waals surface area contributed by atoms with E-state index in [-0.39, 0.29) is 0 Å². The van der Waals surface area contributed by atoms with E-state index >= 15 is 0 Å². The SMILES string of the molecule is CC1(O)CC=Cc2nc3ccccc3c(C=O)c21. The first kappa shape index (κ1) is 11.1. The third kappa shape index (κ3) is 1.48. The Morgan fingerprint density at radius 3 is 2.94 bits per heavy atom. The average molecular weight is 239 g/mol. The molecule has 90 valence electrons. The predicted octanol–water partition coefficient (Wildman–Crippen LogP) is 2.67. The van der Waals surface area contributed by atoms with Crippen LogP contribution in [0.4, 0.5) is 0 Å². The van der Waals surface area contributed by atoms with Crippen LogP contribution < -0.4 is 0 Å². The highest BCUT2D eigenvalue weighted by atomic mass is 16.3. The zero-order valence-corrected chi connectivity index (χ0v) is 10.1. The van der Waals surface area contributed by atoms with Crippen molar-refractivity contribution in [1.29, 1.82) is 0 Å². The summed E-state index contributed by atoms with van der Waals surface area (Å²) in [5.74, 6) is 0. The zero-order chi connectivity index (χ0) is 12.8. The second-order valence-corrected chi connectivity index (χ2v) is 4.80. The van der Waals surface area contributed by atoms with Gasteiger partial charge in [0.05, 0.1) is 16.8 Å². The van der Waals surface area contributed by atoms with Gasteiger partial charge in [0.1, 0.15) is 0 Å². The number of aldehydes is 1. The van der Waals surface area contributed by atoms with E-state index in [0.29, 0.717) is 23.2 Å². The molecule has 0 fully saturated rings. The van der Waals surface area contributed by atoms with Crippen molar-refractivity contribution in [1.82, 2.24) is 4.98 Å². The minimum Gasteiger partial charge on any atom is -0.385 e. The maximum absolute atomic E-state index is 11.4. The van der Waals surface area contributed by atoms with Gasteiger partial charge in [0.25, 0.3) is 0 Å². The number of benzene rings is 1. The van der Waals surface area contributed by atoms with E-state index in [1.807, 2.05) is 36.4 Å². The molecule has 3 rings (SSSR count). The van der Waals surface area contributed by atoms with E-state index in [1.54, 1.807) is 6.92 Å². The minimum absolute atomic E-state index is 0.501. The fraction of sp³-hybridized carbons (Fsp3) is 0.200. The third-order valence-corrected chi connectivity index (χ3v) is 3.41. The minimum atomic E-state index is -1.03. The van der Waals surface area contributed by atoms with Crippen LogP contribution in [0, 0.1) is 0 Å². The van der Waals surface area contributed by atoms with Gasteiger partial charge in [-0.3, -0.25) is 4.79 Å². The van der Waals surface area contributed by atoms with Crippen LogP contribution in [0.3, 0.4) is 0 Å². The maximum Gasteiger partial charge on any atom is 0.151 e. The van der Waals surface area contributed by atoms with Gasteiger partial charge >= 0.3 is 0 Å². The summed E-state index contributed by atoms with van der Waals surface area (Å²) in [6.45, 7) is 1.72. The number of nitrogens with zero attached hydrogens (tertiary/aromatic N) is 1. The monoisotopic (exact) mass is 239 g/mol. The number of hydrogen-bond donors (Lipinski definition) is 1. The van der Waals surface area contributed by atoms with Crippen LogP contribution in [-0.2, 0) is 5.60 Å². The summed E-state index contributed by atoms with van der Waals surface area (Å²) in [4.78, 5) is 15.9. The number of para-hydroxylation sites is 1. The normalized spacial score (nSPS) is 21.9. The van der Waals surface area contributed by atoms with Gasteiger partial charge < -0.3 is 5.11 Å². The number of aromatic nitrogens is 1. The lowest BCUT2D eigenvalue weighted by molar-refractivity contribution is 0.0578. The molecule has 18 heavy (non-hydrogen) atoms. The van der Waals surface area contributed by atoms with Gasteiger partial charge in [0, 0.05) is 16.5 Å². The summed E-state index contributed by atoms with van der Waals surface area (Å²) in [6, 6.07) is 7.50. The molecule has 0 saturated heterocycles. The molecule has 0 spiro atoms.